The zero-order valence-electron chi connectivity index (χ0n) is 13.4. The second kappa shape index (κ2) is 7.57. The molecule has 1 amide bonds. The highest BCUT2D eigenvalue weighted by molar-refractivity contribution is 5.83. The molecule has 0 aliphatic carbocycles. The van der Waals surface area contributed by atoms with Crippen LogP contribution in [0, 0.1) is 0 Å². The summed E-state index contributed by atoms with van der Waals surface area (Å²) in [5, 5.41) is 3.34. The van der Waals surface area contributed by atoms with Crippen LogP contribution in [0.4, 0.5) is 0 Å². The first-order valence-electron chi connectivity index (χ1n) is 7.95. The second-order valence-corrected chi connectivity index (χ2v) is 5.63. The first-order valence-corrected chi connectivity index (χ1v) is 7.95. The highest BCUT2D eigenvalue weighted by Gasteiger charge is 2.32. The Morgan fingerprint density at radius 2 is 1.95 bits per heavy atom. The fourth-order valence-electron chi connectivity index (χ4n) is 3.08. The van der Waals surface area contributed by atoms with E-state index in [4.69, 9.17) is 0 Å². The molecule has 1 N–H and O–H groups in total. The highest BCUT2D eigenvalue weighted by Crippen LogP contribution is 2.24. The smallest absolute Gasteiger partial charge is 0.244 e. The van der Waals surface area contributed by atoms with Gasteiger partial charge in [-0.05, 0) is 31.6 Å². The zero-order valence-corrected chi connectivity index (χ0v) is 13.4. The fourth-order valence-corrected chi connectivity index (χ4v) is 3.08. The van der Waals surface area contributed by atoms with E-state index < -0.39 is 0 Å². The number of carbonyl (C=O) groups is 1. The van der Waals surface area contributed by atoms with Crippen LogP contribution in [-0.2, 0) is 4.79 Å². The van der Waals surface area contributed by atoms with Gasteiger partial charge in [0.1, 0.15) is 6.04 Å². The van der Waals surface area contributed by atoms with Crippen LogP contribution in [0.1, 0.15) is 31.9 Å². The fraction of sp³-hybridized carbons (Fsp3) is 0.588. The molecule has 0 saturated carbocycles. The van der Waals surface area contributed by atoms with Crippen molar-refractivity contribution >= 4 is 5.91 Å². The molecule has 1 aliphatic rings. The van der Waals surface area contributed by atoms with Gasteiger partial charge in [0.05, 0.1) is 0 Å². The number of benzene rings is 1. The van der Waals surface area contributed by atoms with Gasteiger partial charge in [0.15, 0.2) is 0 Å². The number of amides is 1. The third kappa shape index (κ3) is 3.63. The maximum Gasteiger partial charge on any atom is 0.244 e. The van der Waals surface area contributed by atoms with Crippen LogP contribution in [0.3, 0.4) is 0 Å². The molecule has 1 fully saturated rings. The Balaban J connectivity index is 2.23. The van der Waals surface area contributed by atoms with E-state index in [0.29, 0.717) is 6.04 Å². The standard InChI is InChI=1S/C17H27N3O/c1-4-20(5-2)16(14-9-7-6-8-10-14)17(21)19(3)15-11-12-18-13-15/h6-10,15-16,18H,4-5,11-13H2,1-3H3. The second-order valence-electron chi connectivity index (χ2n) is 5.63. The number of hydrogen-bond acceptors (Lipinski definition) is 3. The van der Waals surface area contributed by atoms with Crippen LogP contribution in [0.5, 0.6) is 0 Å². The van der Waals surface area contributed by atoms with Crippen molar-refractivity contribution in [1.29, 1.82) is 0 Å². The molecule has 4 nitrogen and oxygen atoms in total. The predicted octanol–water partition coefficient (Wildman–Crippen LogP) is 1.89. The average Bonchev–Trinajstić information content (AvgIpc) is 3.06. The topological polar surface area (TPSA) is 35.6 Å². The number of likely N-dealkylation sites (N-methyl/N-ethyl adjacent to an activating group) is 2. The van der Waals surface area contributed by atoms with E-state index in [1.165, 1.54) is 0 Å². The third-order valence-corrected chi connectivity index (χ3v) is 4.46. The molecule has 1 saturated heterocycles. The monoisotopic (exact) mass is 289 g/mol. The number of nitrogens with one attached hydrogen (secondary N) is 1. The SMILES string of the molecule is CCN(CC)C(C(=O)N(C)C1CCNC1)c1ccccc1. The van der Waals surface area contributed by atoms with Gasteiger partial charge in [-0.15, -0.1) is 0 Å². The van der Waals surface area contributed by atoms with E-state index >= 15 is 0 Å². The van der Waals surface area contributed by atoms with Crippen molar-refractivity contribution in [1.82, 2.24) is 15.1 Å². The molecule has 0 spiro atoms. The first kappa shape index (κ1) is 16.0. The number of carbonyl (C=O) groups excluding carboxylic acids is 1. The first-order chi connectivity index (χ1) is 10.2. The highest BCUT2D eigenvalue weighted by atomic mass is 16.2. The molecule has 2 rings (SSSR count). The van der Waals surface area contributed by atoms with E-state index in [2.05, 4.69) is 36.2 Å². The summed E-state index contributed by atoms with van der Waals surface area (Å²) in [6.45, 7) is 7.89. The Morgan fingerprint density at radius 3 is 2.48 bits per heavy atom. The summed E-state index contributed by atoms with van der Waals surface area (Å²) in [6.07, 6.45) is 1.04. The van der Waals surface area contributed by atoms with Gasteiger partial charge >= 0.3 is 0 Å². The average molecular weight is 289 g/mol. The summed E-state index contributed by atoms with van der Waals surface area (Å²) in [5.74, 6) is 0.207. The molecule has 0 bridgehead atoms. The lowest BCUT2D eigenvalue weighted by molar-refractivity contribution is -0.137. The Kier molecular flexibility index (Phi) is 5.76. The minimum Gasteiger partial charge on any atom is -0.340 e. The van der Waals surface area contributed by atoms with Crippen molar-refractivity contribution in [3.05, 3.63) is 35.9 Å². The van der Waals surface area contributed by atoms with Gasteiger partial charge in [-0.1, -0.05) is 44.2 Å². The maximum atomic E-state index is 13.0. The molecule has 2 unspecified atom stereocenters. The van der Waals surface area contributed by atoms with Crippen molar-refractivity contribution in [3.63, 3.8) is 0 Å². The third-order valence-electron chi connectivity index (χ3n) is 4.46. The molecule has 0 radical (unpaired) electrons. The van der Waals surface area contributed by atoms with Crippen LogP contribution in [0.2, 0.25) is 0 Å². The molecular weight excluding hydrogens is 262 g/mol. The normalized spacial score (nSPS) is 19.7. The van der Waals surface area contributed by atoms with Crippen LogP contribution >= 0.6 is 0 Å². The van der Waals surface area contributed by atoms with Crippen molar-refractivity contribution in [2.24, 2.45) is 0 Å². The Morgan fingerprint density at radius 1 is 1.29 bits per heavy atom. The molecule has 1 aliphatic heterocycles. The molecule has 4 heteroatoms. The number of nitrogens with zero attached hydrogens (tertiary/aromatic N) is 2. The van der Waals surface area contributed by atoms with Gasteiger partial charge in [-0.3, -0.25) is 9.69 Å². The van der Waals surface area contributed by atoms with Gasteiger partial charge < -0.3 is 10.2 Å². The Bertz CT molecular complexity index is 439. The molecule has 1 heterocycles. The van der Waals surface area contributed by atoms with Crippen molar-refractivity contribution < 1.29 is 4.79 Å². The van der Waals surface area contributed by atoms with E-state index in [0.717, 1.165) is 38.2 Å². The maximum absolute atomic E-state index is 13.0. The van der Waals surface area contributed by atoms with Gasteiger partial charge in [-0.25, -0.2) is 0 Å². The molecular formula is C17H27N3O. The lowest BCUT2D eigenvalue weighted by Crippen LogP contribution is -2.46. The number of hydrogen-bond donors (Lipinski definition) is 1. The van der Waals surface area contributed by atoms with Gasteiger partial charge in [0.2, 0.25) is 5.91 Å². The van der Waals surface area contributed by atoms with Crippen molar-refractivity contribution in [3.8, 4) is 0 Å². The molecule has 116 valence electrons. The molecule has 2 atom stereocenters. The quantitative estimate of drug-likeness (QED) is 0.868. The van der Waals surface area contributed by atoms with Crippen LogP contribution in [0.25, 0.3) is 0 Å². The van der Waals surface area contributed by atoms with Gasteiger partial charge in [-0.2, -0.15) is 0 Å². The summed E-state index contributed by atoms with van der Waals surface area (Å²) in [4.78, 5) is 17.2. The summed E-state index contributed by atoms with van der Waals surface area (Å²) in [7, 11) is 1.94. The summed E-state index contributed by atoms with van der Waals surface area (Å²) < 4.78 is 0. The molecule has 1 aromatic carbocycles. The van der Waals surface area contributed by atoms with Crippen LogP contribution < -0.4 is 5.32 Å². The van der Waals surface area contributed by atoms with E-state index in [1.807, 2.05) is 30.1 Å². The Hall–Kier alpha value is -1.39. The van der Waals surface area contributed by atoms with Crippen LogP contribution in [0.15, 0.2) is 30.3 Å². The minimum absolute atomic E-state index is 0.174. The molecule has 1 aromatic rings. The zero-order chi connectivity index (χ0) is 15.2. The minimum atomic E-state index is -0.174. The van der Waals surface area contributed by atoms with Crippen molar-refractivity contribution in [2.45, 2.75) is 32.4 Å². The predicted molar refractivity (Wildman–Crippen MR) is 86.1 cm³/mol. The summed E-state index contributed by atoms with van der Waals surface area (Å²) >= 11 is 0. The summed E-state index contributed by atoms with van der Waals surface area (Å²) in [5.41, 5.74) is 1.09. The van der Waals surface area contributed by atoms with E-state index in [9.17, 15) is 4.79 Å². The number of rotatable bonds is 6. The lowest BCUT2D eigenvalue weighted by atomic mass is 10.0. The summed E-state index contributed by atoms with van der Waals surface area (Å²) in [6, 6.07) is 10.3. The van der Waals surface area contributed by atoms with Gasteiger partial charge in [0.25, 0.3) is 0 Å². The molecule has 21 heavy (non-hydrogen) atoms. The van der Waals surface area contributed by atoms with Crippen LogP contribution in [-0.4, -0.2) is 55.0 Å². The molecule has 0 aromatic heterocycles. The largest absolute Gasteiger partial charge is 0.340 e. The van der Waals surface area contributed by atoms with Gasteiger partial charge in [0, 0.05) is 19.6 Å². The lowest BCUT2D eigenvalue weighted by Gasteiger charge is -2.34. The van der Waals surface area contributed by atoms with E-state index in [-0.39, 0.29) is 11.9 Å². The Labute approximate surface area is 128 Å². The van der Waals surface area contributed by atoms with E-state index in [1.54, 1.807) is 0 Å². The van der Waals surface area contributed by atoms with Crippen molar-refractivity contribution in [2.75, 3.05) is 33.2 Å².